The average Bonchev–Trinajstić information content (AvgIpc) is 3.44. The highest BCUT2D eigenvalue weighted by atomic mass is 32.2. The lowest BCUT2D eigenvalue weighted by molar-refractivity contribution is -0.128. The smallest absolute Gasteiger partial charge is 0.275 e. The molecule has 0 N–H and O–H groups in total. The first-order chi connectivity index (χ1) is 15.6. The lowest BCUT2D eigenvalue weighted by Gasteiger charge is -2.33. The Morgan fingerprint density at radius 2 is 1.75 bits per heavy atom. The molecule has 1 aromatic heterocycles. The number of benzene rings is 3. The number of thioether (sulfide) groups is 1. The second kappa shape index (κ2) is 6.71. The fourth-order valence-electron chi connectivity index (χ4n) is 4.74. The Morgan fingerprint density at radius 1 is 1.00 bits per heavy atom. The van der Waals surface area contributed by atoms with Crippen LogP contribution in [-0.2, 0) is 19.3 Å². The first-order valence-corrected chi connectivity index (χ1v) is 11.4. The van der Waals surface area contributed by atoms with Gasteiger partial charge in [0.2, 0.25) is 16.7 Å². The van der Waals surface area contributed by atoms with Crippen molar-refractivity contribution in [3.8, 4) is 0 Å². The third-order valence-electron chi connectivity index (χ3n) is 6.14. The minimum atomic E-state index is -1.31. The molecular formula is C25H18N2O4S. The Kier molecular flexibility index (Phi) is 4.01. The zero-order chi connectivity index (χ0) is 22.0. The topological polar surface area (TPSA) is 70.8 Å². The van der Waals surface area contributed by atoms with Gasteiger partial charge in [-0.3, -0.25) is 19.3 Å². The summed E-state index contributed by atoms with van der Waals surface area (Å²) in [5, 5.41) is 1.94. The molecule has 32 heavy (non-hydrogen) atoms. The van der Waals surface area contributed by atoms with Crippen LogP contribution in [0, 0.1) is 0 Å². The van der Waals surface area contributed by atoms with Crippen LogP contribution < -0.4 is 9.80 Å². The fourth-order valence-corrected chi connectivity index (χ4v) is 6.08. The van der Waals surface area contributed by atoms with Crippen molar-refractivity contribution in [3.05, 3.63) is 72.3 Å². The molecule has 0 bridgehead atoms. The van der Waals surface area contributed by atoms with E-state index in [1.165, 1.54) is 21.6 Å². The van der Waals surface area contributed by atoms with Gasteiger partial charge in [-0.1, -0.05) is 43.3 Å². The summed E-state index contributed by atoms with van der Waals surface area (Å²) in [5.41, 5.74) is 3.18. The van der Waals surface area contributed by atoms with Crippen LogP contribution in [0.4, 0.5) is 11.4 Å². The molecule has 1 atom stereocenters. The van der Waals surface area contributed by atoms with E-state index in [0.29, 0.717) is 22.5 Å². The zero-order valence-corrected chi connectivity index (χ0v) is 18.0. The van der Waals surface area contributed by atoms with Crippen molar-refractivity contribution in [2.24, 2.45) is 0 Å². The van der Waals surface area contributed by atoms with Gasteiger partial charge < -0.3 is 4.42 Å². The van der Waals surface area contributed by atoms with Crippen LogP contribution in [0.5, 0.6) is 0 Å². The van der Waals surface area contributed by atoms with E-state index in [1.807, 2.05) is 48.5 Å². The highest BCUT2D eigenvalue weighted by Gasteiger charge is 2.62. The van der Waals surface area contributed by atoms with Crippen molar-refractivity contribution in [1.82, 2.24) is 0 Å². The summed E-state index contributed by atoms with van der Waals surface area (Å²) in [6, 6.07) is 20.5. The number of carbonyl (C=O) groups is 3. The van der Waals surface area contributed by atoms with Gasteiger partial charge >= 0.3 is 0 Å². The number of hydrogen-bond donors (Lipinski definition) is 0. The molecule has 1 fully saturated rings. The van der Waals surface area contributed by atoms with E-state index >= 15 is 0 Å². The minimum Gasteiger partial charge on any atom is -0.456 e. The Labute approximate surface area is 187 Å². The number of rotatable bonds is 2. The predicted octanol–water partition coefficient (Wildman–Crippen LogP) is 4.80. The molecule has 1 spiro atoms. The van der Waals surface area contributed by atoms with Crippen molar-refractivity contribution in [2.75, 3.05) is 15.6 Å². The Balaban J connectivity index is 1.56. The number of furan rings is 1. The van der Waals surface area contributed by atoms with Crippen molar-refractivity contribution in [1.29, 1.82) is 0 Å². The SMILES string of the molecule is CCC(=O)N1C(=O)C2(SCC(=O)N2c2ccc3c(c2)oc2ccccc23)c2ccccc21. The quantitative estimate of drug-likeness (QED) is 0.446. The van der Waals surface area contributed by atoms with Crippen molar-refractivity contribution < 1.29 is 18.8 Å². The molecule has 7 heteroatoms. The Bertz CT molecular complexity index is 1460. The molecule has 0 saturated carbocycles. The van der Waals surface area contributed by atoms with Crippen LogP contribution >= 0.6 is 11.8 Å². The second-order valence-corrected chi connectivity index (χ2v) is 9.01. The molecule has 0 radical (unpaired) electrons. The van der Waals surface area contributed by atoms with Gasteiger partial charge in [-0.05, 0) is 24.3 Å². The molecule has 2 aliphatic rings. The lowest BCUT2D eigenvalue weighted by atomic mass is 10.0. The molecule has 1 saturated heterocycles. The lowest BCUT2D eigenvalue weighted by Crippen LogP contribution is -2.50. The molecular weight excluding hydrogens is 424 g/mol. The van der Waals surface area contributed by atoms with E-state index in [9.17, 15) is 14.4 Å². The summed E-state index contributed by atoms with van der Waals surface area (Å²) in [5.74, 6) is -0.718. The average molecular weight is 442 g/mol. The maximum Gasteiger partial charge on any atom is 0.275 e. The normalized spacial score (nSPS) is 20.2. The van der Waals surface area contributed by atoms with Gasteiger partial charge in [-0.15, -0.1) is 11.8 Å². The zero-order valence-electron chi connectivity index (χ0n) is 17.2. The molecule has 3 heterocycles. The van der Waals surface area contributed by atoms with Crippen LogP contribution in [-0.4, -0.2) is 23.5 Å². The van der Waals surface area contributed by atoms with Gasteiger partial charge in [-0.2, -0.15) is 0 Å². The maximum absolute atomic E-state index is 13.8. The van der Waals surface area contributed by atoms with Crippen LogP contribution in [0.1, 0.15) is 18.9 Å². The Morgan fingerprint density at radius 3 is 2.59 bits per heavy atom. The maximum atomic E-state index is 13.8. The number of fused-ring (bicyclic) bond motifs is 5. The number of carbonyl (C=O) groups excluding carboxylic acids is 3. The van der Waals surface area contributed by atoms with Crippen molar-refractivity contribution in [3.63, 3.8) is 0 Å². The van der Waals surface area contributed by atoms with Gasteiger partial charge in [0, 0.05) is 34.5 Å². The molecule has 2 aliphatic heterocycles. The number of amides is 3. The molecule has 1 unspecified atom stereocenters. The van der Waals surface area contributed by atoms with E-state index in [0.717, 1.165) is 16.4 Å². The van der Waals surface area contributed by atoms with Crippen molar-refractivity contribution >= 4 is 62.8 Å². The highest BCUT2D eigenvalue weighted by molar-refractivity contribution is 8.02. The fraction of sp³-hybridized carbons (Fsp3) is 0.160. The van der Waals surface area contributed by atoms with Gasteiger partial charge in [0.25, 0.3) is 5.91 Å². The van der Waals surface area contributed by atoms with Gasteiger partial charge in [0.15, 0.2) is 0 Å². The molecule has 6 nitrogen and oxygen atoms in total. The summed E-state index contributed by atoms with van der Waals surface area (Å²) < 4.78 is 6.02. The first-order valence-electron chi connectivity index (χ1n) is 10.4. The molecule has 4 aromatic rings. The number of hydrogen-bond acceptors (Lipinski definition) is 5. The van der Waals surface area contributed by atoms with E-state index in [-0.39, 0.29) is 24.0 Å². The van der Waals surface area contributed by atoms with E-state index in [2.05, 4.69) is 0 Å². The second-order valence-electron chi connectivity index (χ2n) is 7.85. The summed E-state index contributed by atoms with van der Waals surface area (Å²) >= 11 is 1.26. The third kappa shape index (κ3) is 2.34. The van der Waals surface area contributed by atoms with E-state index in [1.54, 1.807) is 25.1 Å². The number of imide groups is 1. The summed E-state index contributed by atoms with van der Waals surface area (Å²) in [6.07, 6.45) is 0.194. The van der Waals surface area contributed by atoms with E-state index < -0.39 is 10.8 Å². The summed E-state index contributed by atoms with van der Waals surface area (Å²) in [6.45, 7) is 1.73. The molecule has 158 valence electrons. The molecule has 3 aromatic carbocycles. The van der Waals surface area contributed by atoms with Crippen LogP contribution in [0.3, 0.4) is 0 Å². The third-order valence-corrected chi connectivity index (χ3v) is 7.53. The number of nitrogens with zero attached hydrogens (tertiary/aromatic N) is 2. The highest BCUT2D eigenvalue weighted by Crippen LogP contribution is 2.56. The number of para-hydroxylation sites is 2. The van der Waals surface area contributed by atoms with Crippen LogP contribution in [0.2, 0.25) is 0 Å². The standard InChI is InChI=1S/C25H18N2O4S/c1-2-22(28)26-19-9-5-4-8-18(19)25(24(26)30)27(23(29)14-32-25)15-11-12-17-16-7-3-6-10-20(16)31-21(17)13-15/h3-13H,2,14H2,1H3. The first kappa shape index (κ1) is 19.1. The van der Waals surface area contributed by atoms with Crippen LogP contribution in [0.15, 0.2) is 71.1 Å². The predicted molar refractivity (Wildman–Crippen MR) is 125 cm³/mol. The number of anilines is 2. The van der Waals surface area contributed by atoms with Gasteiger partial charge in [0.05, 0.1) is 11.4 Å². The van der Waals surface area contributed by atoms with Gasteiger partial charge in [-0.25, -0.2) is 4.90 Å². The van der Waals surface area contributed by atoms with E-state index in [4.69, 9.17) is 4.42 Å². The monoisotopic (exact) mass is 442 g/mol. The Hall–Kier alpha value is -3.58. The minimum absolute atomic E-state index is 0.145. The molecule has 6 rings (SSSR count). The molecule has 3 amide bonds. The molecule has 0 aliphatic carbocycles. The van der Waals surface area contributed by atoms with Crippen LogP contribution in [0.25, 0.3) is 21.9 Å². The summed E-state index contributed by atoms with van der Waals surface area (Å²) in [4.78, 5) is 41.1. The summed E-state index contributed by atoms with van der Waals surface area (Å²) in [7, 11) is 0. The van der Waals surface area contributed by atoms with Crippen molar-refractivity contribution in [2.45, 2.75) is 18.2 Å². The largest absolute Gasteiger partial charge is 0.456 e. The van der Waals surface area contributed by atoms with Gasteiger partial charge in [0.1, 0.15) is 11.2 Å².